The van der Waals surface area contributed by atoms with Crippen molar-refractivity contribution in [1.29, 1.82) is 0 Å². The van der Waals surface area contributed by atoms with Crippen LogP contribution in [0.25, 0.3) is 0 Å². The first-order valence-corrected chi connectivity index (χ1v) is 10.7. The second kappa shape index (κ2) is 11.8. The van der Waals surface area contributed by atoms with Crippen LogP contribution >= 0.6 is 0 Å². The number of hydrogen-bond acceptors (Lipinski definition) is 4. The molecule has 0 unspecified atom stereocenters. The Hall–Kier alpha value is -0.850. The number of ether oxygens (including phenoxy) is 1. The number of morpholine rings is 1. The van der Waals surface area contributed by atoms with E-state index >= 15 is 0 Å². The van der Waals surface area contributed by atoms with Crippen molar-refractivity contribution in [3.8, 4) is 0 Å². The zero-order valence-corrected chi connectivity index (χ0v) is 17.4. The van der Waals surface area contributed by atoms with Crippen LogP contribution in [0.5, 0.6) is 0 Å². The molecule has 26 heavy (non-hydrogen) atoms. The summed E-state index contributed by atoms with van der Waals surface area (Å²) in [5.74, 6) is 0.937. The molecule has 1 aliphatic heterocycles. The molecular weight excluding hydrogens is 326 g/mol. The van der Waals surface area contributed by atoms with Crippen LogP contribution < -0.4 is 10.6 Å². The summed E-state index contributed by atoms with van der Waals surface area (Å²) in [4.78, 5) is 9.50. The molecule has 1 saturated carbocycles. The molecule has 2 fully saturated rings. The lowest BCUT2D eigenvalue weighted by Gasteiger charge is -2.48. The van der Waals surface area contributed by atoms with E-state index in [4.69, 9.17) is 4.74 Å². The van der Waals surface area contributed by atoms with Crippen LogP contribution in [-0.4, -0.2) is 87.9 Å². The second-order valence-corrected chi connectivity index (χ2v) is 7.89. The molecular formula is C20H41N5O. The Kier molecular flexibility index (Phi) is 9.72. The fourth-order valence-corrected chi connectivity index (χ4v) is 4.23. The molecule has 1 saturated heterocycles. The van der Waals surface area contributed by atoms with E-state index in [1.54, 1.807) is 0 Å². The van der Waals surface area contributed by atoms with Crippen molar-refractivity contribution in [3.05, 3.63) is 0 Å². The highest BCUT2D eigenvalue weighted by Crippen LogP contribution is 2.33. The highest BCUT2D eigenvalue weighted by atomic mass is 16.5. The Morgan fingerprint density at radius 2 is 1.85 bits per heavy atom. The normalized spacial score (nSPS) is 21.8. The monoisotopic (exact) mass is 367 g/mol. The molecule has 0 aromatic carbocycles. The molecule has 0 aromatic heterocycles. The number of nitrogens with zero attached hydrogens (tertiary/aromatic N) is 3. The first-order valence-electron chi connectivity index (χ1n) is 10.7. The minimum Gasteiger partial charge on any atom is -0.379 e. The Labute approximate surface area is 160 Å². The molecule has 0 amide bonds. The zero-order chi connectivity index (χ0) is 18.7. The third kappa shape index (κ3) is 6.71. The topological polar surface area (TPSA) is 52.1 Å². The average molecular weight is 368 g/mol. The van der Waals surface area contributed by atoms with E-state index in [0.717, 1.165) is 51.9 Å². The van der Waals surface area contributed by atoms with Gasteiger partial charge >= 0.3 is 0 Å². The predicted octanol–water partition coefficient (Wildman–Crippen LogP) is 1.92. The van der Waals surface area contributed by atoms with Gasteiger partial charge in [0.05, 0.1) is 13.2 Å². The molecule has 1 heterocycles. The molecule has 6 heteroatoms. The first-order chi connectivity index (χ1) is 12.7. The first kappa shape index (κ1) is 21.5. The van der Waals surface area contributed by atoms with Crippen molar-refractivity contribution in [3.63, 3.8) is 0 Å². The van der Waals surface area contributed by atoms with Gasteiger partial charge in [-0.05, 0) is 32.9 Å². The van der Waals surface area contributed by atoms with Crippen molar-refractivity contribution in [2.45, 2.75) is 57.4 Å². The van der Waals surface area contributed by atoms with Gasteiger partial charge in [0.1, 0.15) is 0 Å². The predicted molar refractivity (Wildman–Crippen MR) is 110 cm³/mol. The van der Waals surface area contributed by atoms with E-state index in [-0.39, 0.29) is 5.54 Å². The van der Waals surface area contributed by atoms with Crippen LogP contribution in [0.1, 0.15) is 51.9 Å². The molecule has 0 spiro atoms. The van der Waals surface area contributed by atoms with Crippen LogP contribution in [-0.2, 0) is 4.74 Å². The molecule has 2 aliphatic rings. The summed E-state index contributed by atoms with van der Waals surface area (Å²) in [6.07, 6.45) is 9.16. The lowest BCUT2D eigenvalue weighted by molar-refractivity contribution is -0.0352. The summed E-state index contributed by atoms with van der Waals surface area (Å²) in [5.41, 5.74) is 0.275. The van der Waals surface area contributed by atoms with Gasteiger partial charge in [0.15, 0.2) is 5.96 Å². The van der Waals surface area contributed by atoms with Gasteiger partial charge in [-0.1, -0.05) is 32.6 Å². The minimum absolute atomic E-state index is 0.275. The van der Waals surface area contributed by atoms with Gasteiger partial charge in [-0.15, -0.1) is 0 Å². The summed E-state index contributed by atoms with van der Waals surface area (Å²) < 4.78 is 5.58. The minimum atomic E-state index is 0.275. The van der Waals surface area contributed by atoms with Crippen molar-refractivity contribution in [2.75, 3.05) is 66.6 Å². The summed E-state index contributed by atoms with van der Waals surface area (Å²) in [5, 5.41) is 7.12. The molecule has 2 N–H and O–H groups in total. The van der Waals surface area contributed by atoms with Crippen LogP contribution in [0, 0.1) is 0 Å². The van der Waals surface area contributed by atoms with E-state index in [2.05, 4.69) is 39.4 Å². The van der Waals surface area contributed by atoms with Crippen LogP contribution in [0.4, 0.5) is 0 Å². The van der Waals surface area contributed by atoms with Gasteiger partial charge in [0.2, 0.25) is 0 Å². The molecule has 0 aromatic rings. The van der Waals surface area contributed by atoms with Gasteiger partial charge in [-0.3, -0.25) is 9.89 Å². The highest BCUT2D eigenvalue weighted by Gasteiger charge is 2.38. The molecule has 6 nitrogen and oxygen atoms in total. The summed E-state index contributed by atoms with van der Waals surface area (Å²) in [7, 11) is 4.07. The number of nitrogens with one attached hydrogen (secondary N) is 2. The largest absolute Gasteiger partial charge is 0.379 e. The van der Waals surface area contributed by atoms with Gasteiger partial charge in [0, 0.05) is 45.3 Å². The Balaban J connectivity index is 1.80. The van der Waals surface area contributed by atoms with E-state index in [1.807, 2.05) is 7.05 Å². The lowest BCUT2D eigenvalue weighted by atomic mass is 9.80. The number of hydrogen-bond donors (Lipinski definition) is 2. The Bertz CT molecular complexity index is 403. The molecule has 152 valence electrons. The maximum absolute atomic E-state index is 5.58. The molecule has 0 atom stereocenters. The van der Waals surface area contributed by atoms with Crippen molar-refractivity contribution < 1.29 is 4.74 Å². The summed E-state index contributed by atoms with van der Waals surface area (Å²) in [6, 6.07) is 0. The smallest absolute Gasteiger partial charge is 0.191 e. The number of guanidine groups is 1. The third-order valence-corrected chi connectivity index (χ3v) is 5.95. The van der Waals surface area contributed by atoms with Crippen LogP contribution in [0.15, 0.2) is 4.99 Å². The highest BCUT2D eigenvalue weighted by molar-refractivity contribution is 5.79. The summed E-state index contributed by atoms with van der Waals surface area (Å²) in [6.45, 7) is 10.3. The molecule has 0 radical (unpaired) electrons. The van der Waals surface area contributed by atoms with Crippen LogP contribution in [0.2, 0.25) is 0 Å². The zero-order valence-electron chi connectivity index (χ0n) is 17.4. The maximum Gasteiger partial charge on any atom is 0.191 e. The van der Waals surface area contributed by atoms with E-state index in [1.165, 1.54) is 51.5 Å². The maximum atomic E-state index is 5.58. The Morgan fingerprint density at radius 3 is 2.50 bits per heavy atom. The van der Waals surface area contributed by atoms with Crippen molar-refractivity contribution >= 4 is 5.96 Å². The van der Waals surface area contributed by atoms with E-state index in [0.29, 0.717) is 0 Å². The lowest BCUT2D eigenvalue weighted by Crippen LogP contribution is -2.60. The van der Waals surface area contributed by atoms with Crippen molar-refractivity contribution in [1.82, 2.24) is 20.4 Å². The number of unbranched alkanes of at least 4 members (excludes halogenated alkanes) is 1. The fraction of sp³-hybridized carbons (Fsp3) is 0.950. The fourth-order valence-electron chi connectivity index (χ4n) is 4.23. The number of likely N-dealkylation sites (N-methyl/N-ethyl adjacent to an activating group) is 1. The number of rotatable bonds is 9. The molecule has 2 rings (SSSR count). The Morgan fingerprint density at radius 1 is 1.12 bits per heavy atom. The SMILES string of the molecule is CCCCN(C)CCNC(=NC)NCC1(N2CCOCC2)CCCCC1. The van der Waals surface area contributed by atoms with Gasteiger partial charge < -0.3 is 20.3 Å². The van der Waals surface area contributed by atoms with Crippen molar-refractivity contribution in [2.24, 2.45) is 4.99 Å². The third-order valence-electron chi connectivity index (χ3n) is 5.95. The van der Waals surface area contributed by atoms with E-state index in [9.17, 15) is 0 Å². The molecule has 0 bridgehead atoms. The molecule has 1 aliphatic carbocycles. The van der Waals surface area contributed by atoms with Gasteiger partial charge in [0.25, 0.3) is 0 Å². The summed E-state index contributed by atoms with van der Waals surface area (Å²) >= 11 is 0. The van der Waals surface area contributed by atoms with Gasteiger partial charge in [-0.2, -0.15) is 0 Å². The average Bonchev–Trinajstić information content (AvgIpc) is 2.70. The number of aliphatic imine (C=N–C) groups is 1. The quantitative estimate of drug-likeness (QED) is 0.482. The second-order valence-electron chi connectivity index (χ2n) is 7.89. The van der Waals surface area contributed by atoms with Gasteiger partial charge in [-0.25, -0.2) is 0 Å². The van der Waals surface area contributed by atoms with E-state index < -0.39 is 0 Å². The van der Waals surface area contributed by atoms with Crippen LogP contribution in [0.3, 0.4) is 0 Å². The standard InChI is InChI=1S/C20H41N5O/c1-4-5-12-24(3)13-11-22-19(21-2)23-18-20(9-7-6-8-10-20)25-14-16-26-17-15-25/h4-18H2,1-3H3,(H2,21,22,23).